The van der Waals surface area contributed by atoms with Gasteiger partial charge in [-0.25, -0.2) is 12.7 Å². The first-order valence-corrected chi connectivity index (χ1v) is 12.4. The molecule has 0 bridgehead atoms. The van der Waals surface area contributed by atoms with Gasteiger partial charge in [-0.2, -0.15) is 0 Å². The molecule has 2 aliphatic heterocycles. The summed E-state index contributed by atoms with van der Waals surface area (Å²) in [6.07, 6.45) is 2.50. The Morgan fingerprint density at radius 1 is 1.27 bits per heavy atom. The average Bonchev–Trinajstić information content (AvgIpc) is 2.72. The number of carbonyl (C=O) groups excluding carboxylic acids is 2. The third kappa shape index (κ3) is 5.65. The summed E-state index contributed by atoms with van der Waals surface area (Å²) >= 11 is 6.39. The molecule has 0 unspecified atom stereocenters. The van der Waals surface area contributed by atoms with Crippen molar-refractivity contribution >= 4 is 44.8 Å². The van der Waals surface area contributed by atoms with Crippen molar-refractivity contribution in [2.45, 2.75) is 32.6 Å². The van der Waals surface area contributed by atoms with Gasteiger partial charge in [0.05, 0.1) is 23.0 Å². The second-order valence-electron chi connectivity index (χ2n) is 7.77. The Balaban J connectivity index is 1.55. The number of piperidine rings is 1. The highest BCUT2D eigenvalue weighted by atomic mass is 35.5. The number of rotatable bonds is 7. The number of piperazine rings is 1. The number of benzene rings is 1. The molecule has 1 aromatic carbocycles. The third-order valence-electron chi connectivity index (χ3n) is 5.57. The Morgan fingerprint density at radius 3 is 2.63 bits per heavy atom. The van der Waals surface area contributed by atoms with Gasteiger partial charge in [-0.3, -0.25) is 9.59 Å². The summed E-state index contributed by atoms with van der Waals surface area (Å²) in [5, 5.41) is 6.14. The zero-order chi connectivity index (χ0) is 21.7. The first-order valence-electron chi connectivity index (χ1n) is 10.4. The van der Waals surface area contributed by atoms with Crippen LogP contribution in [0.2, 0.25) is 5.02 Å². The van der Waals surface area contributed by atoms with Crippen LogP contribution in [0.5, 0.6) is 0 Å². The molecule has 30 heavy (non-hydrogen) atoms. The van der Waals surface area contributed by atoms with Crippen molar-refractivity contribution in [2.24, 2.45) is 5.92 Å². The molecule has 2 heterocycles. The summed E-state index contributed by atoms with van der Waals surface area (Å²) in [6.45, 7) is 4.22. The number of hydrogen-bond donors (Lipinski definition) is 2. The largest absolute Gasteiger partial charge is 0.359 e. The molecule has 3 rings (SSSR count). The van der Waals surface area contributed by atoms with E-state index in [1.807, 2.05) is 11.8 Å². The molecular weight excluding hydrogens is 428 g/mol. The van der Waals surface area contributed by atoms with E-state index in [0.29, 0.717) is 56.2 Å². The standard InChI is InChI=1S/C20H29ClN4O4S/c1-2-3-12-30(28,29)25-9-6-15(7-10-25)20(27)23-16-4-5-18(17(21)13-16)24-11-8-22-19(26)14-24/h4-5,13,15H,2-3,6-12,14H2,1H3,(H,22,26)(H,23,27). The van der Waals surface area contributed by atoms with E-state index in [2.05, 4.69) is 10.6 Å². The van der Waals surface area contributed by atoms with Crippen molar-refractivity contribution in [2.75, 3.05) is 48.7 Å². The lowest BCUT2D eigenvalue weighted by atomic mass is 9.97. The Hall–Kier alpha value is -1.84. The molecule has 166 valence electrons. The minimum Gasteiger partial charge on any atom is -0.359 e. The van der Waals surface area contributed by atoms with Crippen LogP contribution in [0.25, 0.3) is 0 Å². The van der Waals surface area contributed by atoms with Crippen LogP contribution in [0, 0.1) is 5.92 Å². The number of halogens is 1. The van der Waals surface area contributed by atoms with Crippen LogP contribution in [0.4, 0.5) is 11.4 Å². The highest BCUT2D eigenvalue weighted by Gasteiger charge is 2.30. The summed E-state index contributed by atoms with van der Waals surface area (Å²) in [7, 11) is -3.23. The topological polar surface area (TPSA) is 98.8 Å². The lowest BCUT2D eigenvalue weighted by molar-refractivity contribution is -0.121. The molecule has 0 aliphatic carbocycles. The van der Waals surface area contributed by atoms with E-state index in [4.69, 9.17) is 11.6 Å². The van der Waals surface area contributed by atoms with E-state index in [9.17, 15) is 18.0 Å². The predicted octanol–water partition coefficient (Wildman–Crippen LogP) is 2.06. The minimum absolute atomic E-state index is 0.0438. The van der Waals surface area contributed by atoms with Gasteiger partial charge >= 0.3 is 0 Å². The first-order chi connectivity index (χ1) is 14.3. The number of unbranched alkanes of at least 4 members (excludes halogenated alkanes) is 1. The first kappa shape index (κ1) is 22.8. The number of amides is 2. The van der Waals surface area contributed by atoms with E-state index < -0.39 is 10.0 Å². The van der Waals surface area contributed by atoms with Crippen LogP contribution in [0.3, 0.4) is 0 Å². The maximum Gasteiger partial charge on any atom is 0.239 e. The summed E-state index contributed by atoms with van der Waals surface area (Å²) in [4.78, 5) is 26.1. The number of anilines is 2. The van der Waals surface area contributed by atoms with Crippen LogP contribution in [0.15, 0.2) is 18.2 Å². The summed E-state index contributed by atoms with van der Waals surface area (Å²) in [5.41, 5.74) is 1.35. The fraction of sp³-hybridized carbons (Fsp3) is 0.600. The molecule has 2 aliphatic rings. The highest BCUT2D eigenvalue weighted by Crippen LogP contribution is 2.30. The van der Waals surface area contributed by atoms with Crippen LogP contribution in [0.1, 0.15) is 32.6 Å². The molecule has 0 radical (unpaired) electrons. The second kappa shape index (κ2) is 9.98. The maximum atomic E-state index is 12.7. The fourth-order valence-electron chi connectivity index (χ4n) is 3.78. The quantitative estimate of drug-likeness (QED) is 0.654. The molecule has 2 saturated heterocycles. The molecule has 1 aromatic rings. The van der Waals surface area contributed by atoms with Crippen molar-refractivity contribution in [3.8, 4) is 0 Å². The van der Waals surface area contributed by atoms with Gasteiger partial charge in [0.15, 0.2) is 0 Å². The Labute approximate surface area is 183 Å². The molecule has 2 N–H and O–H groups in total. The van der Waals surface area contributed by atoms with Crippen LogP contribution in [-0.4, -0.2) is 63.0 Å². The van der Waals surface area contributed by atoms with Gasteiger partial charge in [0, 0.05) is 37.8 Å². The van der Waals surface area contributed by atoms with Crippen molar-refractivity contribution in [3.05, 3.63) is 23.2 Å². The van der Waals surface area contributed by atoms with E-state index in [1.165, 1.54) is 4.31 Å². The maximum absolute atomic E-state index is 12.7. The molecular formula is C20H29ClN4O4S. The summed E-state index contributed by atoms with van der Waals surface area (Å²) in [5.74, 6) is -0.226. The Morgan fingerprint density at radius 2 is 2.00 bits per heavy atom. The lowest BCUT2D eigenvalue weighted by Crippen LogP contribution is -2.47. The molecule has 0 aromatic heterocycles. The zero-order valence-corrected chi connectivity index (χ0v) is 18.8. The summed E-state index contributed by atoms with van der Waals surface area (Å²) in [6, 6.07) is 5.26. The van der Waals surface area contributed by atoms with E-state index >= 15 is 0 Å². The predicted molar refractivity (Wildman–Crippen MR) is 118 cm³/mol. The van der Waals surface area contributed by atoms with Gasteiger partial charge in [-0.1, -0.05) is 24.9 Å². The normalized spacial score (nSPS) is 18.9. The van der Waals surface area contributed by atoms with Gasteiger partial charge in [0.1, 0.15) is 0 Å². The lowest BCUT2D eigenvalue weighted by Gasteiger charge is -2.31. The smallest absolute Gasteiger partial charge is 0.239 e. The molecule has 0 atom stereocenters. The Kier molecular flexibility index (Phi) is 7.60. The molecule has 2 fully saturated rings. The second-order valence-corrected chi connectivity index (χ2v) is 10.3. The van der Waals surface area contributed by atoms with Crippen molar-refractivity contribution in [3.63, 3.8) is 0 Å². The zero-order valence-electron chi connectivity index (χ0n) is 17.2. The number of sulfonamides is 1. The Bertz CT molecular complexity index is 885. The average molecular weight is 457 g/mol. The van der Waals surface area contributed by atoms with Gasteiger partial charge in [-0.15, -0.1) is 0 Å². The van der Waals surface area contributed by atoms with Crippen molar-refractivity contribution in [1.29, 1.82) is 0 Å². The number of hydrogen-bond acceptors (Lipinski definition) is 5. The molecule has 2 amide bonds. The minimum atomic E-state index is -3.23. The molecule has 0 saturated carbocycles. The van der Waals surface area contributed by atoms with Gasteiger partial charge < -0.3 is 15.5 Å². The van der Waals surface area contributed by atoms with Gasteiger partial charge in [0.25, 0.3) is 0 Å². The monoisotopic (exact) mass is 456 g/mol. The number of carbonyl (C=O) groups is 2. The number of nitrogens with zero attached hydrogens (tertiary/aromatic N) is 2. The molecule has 0 spiro atoms. The van der Waals surface area contributed by atoms with Crippen molar-refractivity contribution in [1.82, 2.24) is 9.62 Å². The van der Waals surface area contributed by atoms with E-state index in [0.717, 1.165) is 12.1 Å². The third-order valence-corrected chi connectivity index (χ3v) is 7.83. The number of nitrogens with one attached hydrogen (secondary N) is 2. The highest BCUT2D eigenvalue weighted by molar-refractivity contribution is 7.89. The van der Waals surface area contributed by atoms with Crippen LogP contribution < -0.4 is 15.5 Å². The van der Waals surface area contributed by atoms with Crippen LogP contribution in [-0.2, 0) is 19.6 Å². The van der Waals surface area contributed by atoms with E-state index in [1.54, 1.807) is 18.2 Å². The SMILES string of the molecule is CCCCS(=O)(=O)N1CCC(C(=O)Nc2ccc(N3CCNC(=O)C3)c(Cl)c2)CC1. The van der Waals surface area contributed by atoms with E-state index in [-0.39, 0.29) is 30.0 Å². The molecule has 10 heteroatoms. The van der Waals surface area contributed by atoms with Gasteiger partial charge in [-0.05, 0) is 37.5 Å². The summed E-state index contributed by atoms with van der Waals surface area (Å²) < 4.78 is 26.1. The molecule has 8 nitrogen and oxygen atoms in total. The fourth-order valence-corrected chi connectivity index (χ4v) is 5.76. The van der Waals surface area contributed by atoms with Crippen molar-refractivity contribution < 1.29 is 18.0 Å². The van der Waals surface area contributed by atoms with Gasteiger partial charge in [0.2, 0.25) is 21.8 Å². The van der Waals surface area contributed by atoms with Crippen LogP contribution >= 0.6 is 11.6 Å².